The van der Waals surface area contributed by atoms with Gasteiger partial charge in [0, 0.05) is 11.4 Å². The standard InChI is InChI=1S/C18H17FN4O2S/c19-13-5-3-12(4-6-13)16-10-23-15(11-25-16)17(21-22-23)18(24)20-8-7-14-2-1-9-26-14/h1-6,9,16H,7-8,10-11H2,(H,20,24)/t16-/m0/s1. The molecule has 0 saturated carbocycles. The van der Waals surface area contributed by atoms with E-state index in [0.29, 0.717) is 24.5 Å². The second kappa shape index (κ2) is 7.35. The Kier molecular flexibility index (Phi) is 4.77. The average Bonchev–Trinajstić information content (AvgIpc) is 3.31. The Labute approximate surface area is 153 Å². The van der Waals surface area contributed by atoms with Crippen molar-refractivity contribution in [3.05, 3.63) is 69.4 Å². The number of carbonyl (C=O) groups excluding carboxylic acids is 1. The van der Waals surface area contributed by atoms with Gasteiger partial charge in [0.15, 0.2) is 5.69 Å². The van der Waals surface area contributed by atoms with Crippen molar-refractivity contribution in [2.75, 3.05) is 6.54 Å². The van der Waals surface area contributed by atoms with Gasteiger partial charge in [0.2, 0.25) is 0 Å². The van der Waals surface area contributed by atoms with Crippen molar-refractivity contribution in [3.63, 3.8) is 0 Å². The summed E-state index contributed by atoms with van der Waals surface area (Å²) in [5, 5.41) is 13.0. The van der Waals surface area contributed by atoms with E-state index in [1.165, 1.54) is 17.0 Å². The molecule has 1 amide bonds. The minimum Gasteiger partial charge on any atom is -0.365 e. The zero-order valence-electron chi connectivity index (χ0n) is 13.9. The van der Waals surface area contributed by atoms with Crippen molar-refractivity contribution in [1.29, 1.82) is 0 Å². The zero-order valence-corrected chi connectivity index (χ0v) is 14.7. The number of fused-ring (bicyclic) bond motifs is 1. The van der Waals surface area contributed by atoms with Crippen LogP contribution in [0.4, 0.5) is 4.39 Å². The van der Waals surface area contributed by atoms with Gasteiger partial charge in [-0.2, -0.15) is 0 Å². The summed E-state index contributed by atoms with van der Waals surface area (Å²) in [6, 6.07) is 10.2. The number of hydrogen-bond donors (Lipinski definition) is 1. The molecule has 1 N–H and O–H groups in total. The van der Waals surface area contributed by atoms with Crippen LogP contribution >= 0.6 is 11.3 Å². The molecule has 0 spiro atoms. The fraction of sp³-hybridized carbons (Fsp3) is 0.278. The highest BCUT2D eigenvalue weighted by atomic mass is 32.1. The maximum Gasteiger partial charge on any atom is 0.273 e. The lowest BCUT2D eigenvalue weighted by atomic mass is 10.1. The molecule has 0 aliphatic carbocycles. The molecule has 134 valence electrons. The first kappa shape index (κ1) is 16.9. The van der Waals surface area contributed by atoms with Crippen LogP contribution in [0.1, 0.15) is 32.7 Å². The van der Waals surface area contributed by atoms with Crippen molar-refractivity contribution in [3.8, 4) is 0 Å². The molecule has 0 unspecified atom stereocenters. The van der Waals surface area contributed by atoms with Gasteiger partial charge in [0.1, 0.15) is 11.9 Å². The van der Waals surface area contributed by atoms with Gasteiger partial charge >= 0.3 is 0 Å². The molecule has 1 aliphatic rings. The molecule has 26 heavy (non-hydrogen) atoms. The van der Waals surface area contributed by atoms with Crippen molar-refractivity contribution in [2.24, 2.45) is 0 Å². The second-order valence-corrected chi connectivity index (χ2v) is 7.04. The molecule has 2 aromatic heterocycles. The maximum absolute atomic E-state index is 13.1. The first-order valence-corrected chi connectivity index (χ1v) is 9.18. The normalized spacial score (nSPS) is 16.3. The SMILES string of the molecule is O=C(NCCc1cccs1)c1nnn2c1CO[C@H](c1ccc(F)cc1)C2. The number of rotatable bonds is 5. The quantitative estimate of drug-likeness (QED) is 0.748. The van der Waals surface area contributed by atoms with E-state index in [0.717, 1.165) is 12.0 Å². The van der Waals surface area contributed by atoms with E-state index in [-0.39, 0.29) is 24.4 Å². The third-order valence-corrected chi connectivity index (χ3v) is 5.23. The highest BCUT2D eigenvalue weighted by Crippen LogP contribution is 2.27. The second-order valence-electron chi connectivity index (χ2n) is 6.00. The molecule has 0 fully saturated rings. The first-order chi connectivity index (χ1) is 12.7. The molecule has 0 saturated heterocycles. The molecule has 1 aliphatic heterocycles. The van der Waals surface area contributed by atoms with Gasteiger partial charge in [-0.15, -0.1) is 16.4 Å². The van der Waals surface area contributed by atoms with E-state index in [1.807, 2.05) is 17.5 Å². The minimum absolute atomic E-state index is 0.237. The number of nitrogens with zero attached hydrogens (tertiary/aromatic N) is 3. The van der Waals surface area contributed by atoms with Crippen LogP contribution in [-0.2, 0) is 24.3 Å². The van der Waals surface area contributed by atoms with Crippen LogP contribution in [0, 0.1) is 5.82 Å². The maximum atomic E-state index is 13.1. The van der Waals surface area contributed by atoms with E-state index in [2.05, 4.69) is 15.6 Å². The summed E-state index contributed by atoms with van der Waals surface area (Å²) in [5.41, 5.74) is 1.83. The summed E-state index contributed by atoms with van der Waals surface area (Å²) in [6.07, 6.45) is 0.551. The predicted molar refractivity (Wildman–Crippen MR) is 94.3 cm³/mol. The number of aromatic nitrogens is 3. The third kappa shape index (κ3) is 3.51. The number of nitrogens with one attached hydrogen (secondary N) is 1. The number of hydrogen-bond acceptors (Lipinski definition) is 5. The topological polar surface area (TPSA) is 69.0 Å². The summed E-state index contributed by atoms with van der Waals surface area (Å²) in [4.78, 5) is 13.6. The van der Waals surface area contributed by atoms with Gasteiger partial charge < -0.3 is 10.1 Å². The molecule has 3 aromatic rings. The molecule has 6 nitrogen and oxygen atoms in total. The van der Waals surface area contributed by atoms with Crippen LogP contribution in [0.2, 0.25) is 0 Å². The number of amides is 1. The lowest BCUT2D eigenvalue weighted by Gasteiger charge is -2.24. The molecule has 0 bridgehead atoms. The summed E-state index contributed by atoms with van der Waals surface area (Å²) in [6.45, 7) is 1.23. The van der Waals surface area contributed by atoms with Crippen LogP contribution < -0.4 is 5.32 Å². The highest BCUT2D eigenvalue weighted by molar-refractivity contribution is 7.09. The molecule has 1 aromatic carbocycles. The van der Waals surface area contributed by atoms with Crippen molar-refractivity contribution in [1.82, 2.24) is 20.3 Å². The molecular formula is C18H17FN4O2S. The van der Waals surface area contributed by atoms with Crippen LogP contribution in [0.5, 0.6) is 0 Å². The van der Waals surface area contributed by atoms with Crippen molar-refractivity contribution in [2.45, 2.75) is 25.7 Å². The predicted octanol–water partition coefficient (Wildman–Crippen LogP) is 2.72. The Hall–Kier alpha value is -2.58. The average molecular weight is 372 g/mol. The molecule has 4 rings (SSSR count). The Bertz CT molecular complexity index is 893. The smallest absolute Gasteiger partial charge is 0.273 e. The van der Waals surface area contributed by atoms with E-state index in [4.69, 9.17) is 4.74 Å². The Morgan fingerprint density at radius 1 is 1.35 bits per heavy atom. The van der Waals surface area contributed by atoms with Crippen LogP contribution in [-0.4, -0.2) is 27.4 Å². The van der Waals surface area contributed by atoms with Crippen molar-refractivity contribution < 1.29 is 13.9 Å². The Morgan fingerprint density at radius 2 is 2.19 bits per heavy atom. The van der Waals surface area contributed by atoms with E-state index < -0.39 is 0 Å². The summed E-state index contributed by atoms with van der Waals surface area (Å²) < 4.78 is 20.6. The van der Waals surface area contributed by atoms with Gasteiger partial charge in [0.05, 0.1) is 18.8 Å². The summed E-state index contributed by atoms with van der Waals surface area (Å²) >= 11 is 1.67. The number of halogens is 1. The van der Waals surface area contributed by atoms with Crippen LogP contribution in [0.3, 0.4) is 0 Å². The number of carbonyl (C=O) groups is 1. The molecule has 0 radical (unpaired) electrons. The van der Waals surface area contributed by atoms with E-state index in [1.54, 1.807) is 28.2 Å². The van der Waals surface area contributed by atoms with Crippen LogP contribution in [0.15, 0.2) is 41.8 Å². The van der Waals surface area contributed by atoms with Gasteiger partial charge in [-0.25, -0.2) is 9.07 Å². The van der Waals surface area contributed by atoms with E-state index >= 15 is 0 Å². The van der Waals surface area contributed by atoms with Gasteiger partial charge in [-0.05, 0) is 35.6 Å². The Morgan fingerprint density at radius 3 is 2.96 bits per heavy atom. The van der Waals surface area contributed by atoms with Gasteiger partial charge in [0.25, 0.3) is 5.91 Å². The highest BCUT2D eigenvalue weighted by Gasteiger charge is 2.27. The summed E-state index contributed by atoms with van der Waals surface area (Å²) in [5.74, 6) is -0.529. The summed E-state index contributed by atoms with van der Waals surface area (Å²) in [7, 11) is 0. The zero-order chi connectivity index (χ0) is 17.9. The number of thiophene rings is 1. The lowest BCUT2D eigenvalue weighted by Crippen LogP contribution is -2.28. The first-order valence-electron chi connectivity index (χ1n) is 8.31. The molecule has 8 heteroatoms. The van der Waals surface area contributed by atoms with Crippen molar-refractivity contribution >= 4 is 17.2 Å². The third-order valence-electron chi connectivity index (χ3n) is 4.29. The van der Waals surface area contributed by atoms with Gasteiger partial charge in [-0.1, -0.05) is 23.4 Å². The lowest BCUT2D eigenvalue weighted by molar-refractivity contribution is -0.00180. The van der Waals surface area contributed by atoms with Gasteiger partial charge in [-0.3, -0.25) is 4.79 Å². The van der Waals surface area contributed by atoms with Crippen LogP contribution in [0.25, 0.3) is 0 Å². The fourth-order valence-electron chi connectivity index (χ4n) is 2.90. The van der Waals surface area contributed by atoms with E-state index in [9.17, 15) is 9.18 Å². The molecular weight excluding hydrogens is 355 g/mol. The largest absolute Gasteiger partial charge is 0.365 e. The minimum atomic E-state index is -0.285. The fourth-order valence-corrected chi connectivity index (χ4v) is 3.61. The number of ether oxygens (including phenoxy) is 1. The molecule has 3 heterocycles. The Balaban J connectivity index is 1.40. The molecule has 1 atom stereocenters. The number of benzene rings is 1. The monoisotopic (exact) mass is 372 g/mol.